The van der Waals surface area contributed by atoms with Gasteiger partial charge in [0, 0.05) is 32.2 Å². The molecule has 1 aromatic carbocycles. The summed E-state index contributed by atoms with van der Waals surface area (Å²) < 4.78 is 37.4. The lowest BCUT2D eigenvalue weighted by molar-refractivity contribution is -0.129. The van der Waals surface area contributed by atoms with Crippen LogP contribution in [0.3, 0.4) is 0 Å². The molecule has 31 heavy (non-hydrogen) atoms. The molecule has 2 aromatic heterocycles. The second-order valence-electron chi connectivity index (χ2n) is 7.15. The summed E-state index contributed by atoms with van der Waals surface area (Å²) in [6, 6.07) is 5.54. The average molecular weight is 466 g/mol. The third-order valence-corrected chi connectivity index (χ3v) is 8.16. The summed E-state index contributed by atoms with van der Waals surface area (Å²) in [4.78, 5) is 22.1. The average Bonchev–Trinajstić information content (AvgIpc) is 3.33. The van der Waals surface area contributed by atoms with Gasteiger partial charge in [-0.25, -0.2) is 13.4 Å². The van der Waals surface area contributed by atoms with E-state index >= 15 is 0 Å². The molecule has 1 N–H and O–H groups in total. The summed E-state index contributed by atoms with van der Waals surface area (Å²) in [5.74, 6) is 1.16. The molecule has 1 saturated heterocycles. The third kappa shape index (κ3) is 4.27. The van der Waals surface area contributed by atoms with Gasteiger partial charge in [-0.1, -0.05) is 16.9 Å². The standard InChI is InChI=1S/C19H23N5O5S2/c1-12-18(13(2)29-22-12)31(26,27)24-8-6-23(7-9-24)17(25)11-30-19-20-15-5-4-14(28-3)10-16(15)21-19/h4-5,10H,6-9,11H2,1-3H3,(H,20,21). The lowest BCUT2D eigenvalue weighted by Gasteiger charge is -2.33. The van der Waals surface area contributed by atoms with Crippen LogP contribution in [0.25, 0.3) is 11.0 Å². The highest BCUT2D eigenvalue weighted by Gasteiger charge is 2.34. The molecule has 0 atom stereocenters. The zero-order valence-electron chi connectivity index (χ0n) is 17.4. The molecular formula is C19H23N5O5S2. The molecule has 0 spiro atoms. The van der Waals surface area contributed by atoms with Gasteiger partial charge in [-0.3, -0.25) is 4.79 Å². The lowest BCUT2D eigenvalue weighted by Crippen LogP contribution is -2.51. The number of aryl methyl sites for hydroxylation is 2. The molecule has 0 bridgehead atoms. The van der Waals surface area contributed by atoms with E-state index in [1.165, 1.54) is 16.1 Å². The van der Waals surface area contributed by atoms with Crippen LogP contribution in [0.1, 0.15) is 11.5 Å². The van der Waals surface area contributed by atoms with Crippen molar-refractivity contribution < 1.29 is 22.5 Å². The zero-order valence-corrected chi connectivity index (χ0v) is 19.0. The third-order valence-electron chi connectivity index (χ3n) is 5.16. The van der Waals surface area contributed by atoms with Crippen LogP contribution in [0, 0.1) is 13.8 Å². The van der Waals surface area contributed by atoms with Crippen LogP contribution >= 0.6 is 11.8 Å². The van der Waals surface area contributed by atoms with Crippen LogP contribution in [0.5, 0.6) is 5.75 Å². The SMILES string of the molecule is COc1ccc2nc(SCC(=O)N3CCN(S(=O)(=O)c4c(C)noc4C)CC3)[nH]c2c1. The number of nitrogens with zero attached hydrogens (tertiary/aromatic N) is 4. The van der Waals surface area contributed by atoms with E-state index in [2.05, 4.69) is 15.1 Å². The first kappa shape index (κ1) is 21.7. The fourth-order valence-electron chi connectivity index (χ4n) is 3.53. The number of methoxy groups -OCH3 is 1. The molecule has 0 aliphatic carbocycles. The zero-order chi connectivity index (χ0) is 22.2. The van der Waals surface area contributed by atoms with Crippen LogP contribution in [0.4, 0.5) is 0 Å². The van der Waals surface area contributed by atoms with Crippen LogP contribution in [0.2, 0.25) is 0 Å². The van der Waals surface area contributed by atoms with E-state index in [1.807, 2.05) is 18.2 Å². The molecule has 0 unspecified atom stereocenters. The van der Waals surface area contributed by atoms with E-state index in [0.717, 1.165) is 16.8 Å². The van der Waals surface area contributed by atoms with Gasteiger partial charge in [-0.05, 0) is 26.0 Å². The highest BCUT2D eigenvalue weighted by molar-refractivity contribution is 7.99. The van der Waals surface area contributed by atoms with Crippen molar-refractivity contribution in [3.63, 3.8) is 0 Å². The largest absolute Gasteiger partial charge is 0.497 e. The molecule has 1 aliphatic heterocycles. The number of aromatic nitrogens is 3. The number of fused-ring (bicyclic) bond motifs is 1. The number of H-pyrrole nitrogens is 1. The van der Waals surface area contributed by atoms with Gasteiger partial charge in [0.1, 0.15) is 16.3 Å². The van der Waals surface area contributed by atoms with Crippen molar-refractivity contribution in [3.05, 3.63) is 29.7 Å². The molecule has 3 aromatic rings. The fourth-order valence-corrected chi connectivity index (χ4v) is 6.03. The molecule has 0 saturated carbocycles. The Morgan fingerprint density at radius 2 is 2.00 bits per heavy atom. The molecule has 166 valence electrons. The van der Waals surface area contributed by atoms with E-state index in [0.29, 0.717) is 23.9 Å². The van der Waals surface area contributed by atoms with Gasteiger partial charge in [-0.15, -0.1) is 0 Å². The summed E-state index contributed by atoms with van der Waals surface area (Å²) in [5.41, 5.74) is 1.98. The molecular weight excluding hydrogens is 442 g/mol. The Morgan fingerprint density at radius 1 is 1.26 bits per heavy atom. The maximum absolute atomic E-state index is 12.9. The van der Waals surface area contributed by atoms with Crippen LogP contribution in [-0.2, 0) is 14.8 Å². The first-order valence-electron chi connectivity index (χ1n) is 9.67. The van der Waals surface area contributed by atoms with Crippen molar-refractivity contribution in [3.8, 4) is 5.75 Å². The number of rotatable bonds is 6. The monoisotopic (exact) mass is 465 g/mol. The highest BCUT2D eigenvalue weighted by atomic mass is 32.2. The number of ether oxygens (including phenoxy) is 1. The van der Waals surface area contributed by atoms with Gasteiger partial charge in [0.15, 0.2) is 10.9 Å². The minimum Gasteiger partial charge on any atom is -0.497 e. The number of hydrogen-bond donors (Lipinski definition) is 1. The molecule has 12 heteroatoms. The molecule has 1 amide bonds. The van der Waals surface area contributed by atoms with Crippen molar-refractivity contribution in [1.29, 1.82) is 0 Å². The van der Waals surface area contributed by atoms with Gasteiger partial charge in [0.2, 0.25) is 15.9 Å². The maximum atomic E-state index is 12.9. The number of nitrogens with one attached hydrogen (secondary N) is 1. The molecule has 10 nitrogen and oxygen atoms in total. The normalized spacial score (nSPS) is 15.5. The smallest absolute Gasteiger partial charge is 0.248 e. The predicted molar refractivity (Wildman–Crippen MR) is 115 cm³/mol. The highest BCUT2D eigenvalue weighted by Crippen LogP contribution is 2.25. The number of hydrogen-bond acceptors (Lipinski definition) is 8. The number of carbonyl (C=O) groups excluding carboxylic acids is 1. The number of imidazole rings is 1. The van der Waals surface area contributed by atoms with Gasteiger partial charge in [0.05, 0.1) is 23.9 Å². The number of thioether (sulfide) groups is 1. The fraction of sp³-hybridized carbons (Fsp3) is 0.421. The number of amides is 1. The Morgan fingerprint density at radius 3 is 2.65 bits per heavy atom. The van der Waals surface area contributed by atoms with Gasteiger partial charge < -0.3 is 19.1 Å². The van der Waals surface area contributed by atoms with E-state index in [4.69, 9.17) is 9.26 Å². The Balaban J connectivity index is 1.34. The predicted octanol–water partition coefficient (Wildman–Crippen LogP) is 1.80. The first-order valence-corrected chi connectivity index (χ1v) is 12.1. The Kier molecular flexibility index (Phi) is 5.95. The molecule has 0 radical (unpaired) electrons. The lowest BCUT2D eigenvalue weighted by atomic mass is 10.3. The van der Waals surface area contributed by atoms with Gasteiger partial charge in [-0.2, -0.15) is 4.31 Å². The number of aromatic amines is 1. The minimum atomic E-state index is -3.70. The summed E-state index contributed by atoms with van der Waals surface area (Å²) in [6.07, 6.45) is 0. The van der Waals surface area contributed by atoms with Crippen LogP contribution in [-0.4, -0.2) is 77.7 Å². The molecule has 1 aliphatic rings. The van der Waals surface area contributed by atoms with E-state index in [1.54, 1.807) is 25.9 Å². The summed E-state index contributed by atoms with van der Waals surface area (Å²) in [7, 11) is -2.09. The van der Waals surface area contributed by atoms with Crippen molar-refractivity contribution in [2.24, 2.45) is 0 Å². The van der Waals surface area contributed by atoms with E-state index in [-0.39, 0.29) is 35.4 Å². The Bertz CT molecular complexity index is 1190. The van der Waals surface area contributed by atoms with Gasteiger partial charge in [0.25, 0.3) is 0 Å². The van der Waals surface area contributed by atoms with Crippen LogP contribution < -0.4 is 4.74 Å². The Labute approximate surface area is 184 Å². The number of piperazine rings is 1. The number of carbonyl (C=O) groups is 1. The van der Waals surface area contributed by atoms with Gasteiger partial charge >= 0.3 is 0 Å². The van der Waals surface area contributed by atoms with Crippen molar-refractivity contribution >= 4 is 38.7 Å². The van der Waals surface area contributed by atoms with Crippen LogP contribution in [0.15, 0.2) is 32.8 Å². The molecule has 1 fully saturated rings. The minimum absolute atomic E-state index is 0.0579. The Hall–Kier alpha value is -2.57. The second kappa shape index (κ2) is 8.52. The quantitative estimate of drug-likeness (QED) is 0.547. The second-order valence-corrected chi connectivity index (χ2v) is 9.99. The molecule has 3 heterocycles. The van der Waals surface area contributed by atoms with E-state index < -0.39 is 10.0 Å². The topological polar surface area (TPSA) is 122 Å². The molecule has 4 rings (SSSR count). The number of sulfonamides is 1. The maximum Gasteiger partial charge on any atom is 0.248 e. The van der Waals surface area contributed by atoms with Crippen molar-refractivity contribution in [1.82, 2.24) is 24.3 Å². The van der Waals surface area contributed by atoms with Crippen molar-refractivity contribution in [2.75, 3.05) is 39.0 Å². The summed E-state index contributed by atoms with van der Waals surface area (Å²) in [6.45, 7) is 4.31. The number of benzene rings is 1. The summed E-state index contributed by atoms with van der Waals surface area (Å²) in [5, 5.41) is 4.38. The first-order chi connectivity index (χ1) is 14.8. The van der Waals surface area contributed by atoms with E-state index in [9.17, 15) is 13.2 Å². The summed E-state index contributed by atoms with van der Waals surface area (Å²) >= 11 is 1.32. The van der Waals surface area contributed by atoms with Crippen molar-refractivity contribution in [2.45, 2.75) is 23.9 Å².